The summed E-state index contributed by atoms with van der Waals surface area (Å²) in [5, 5.41) is 19.3. The van der Waals surface area contributed by atoms with Crippen molar-refractivity contribution in [2.24, 2.45) is 0 Å². The van der Waals surface area contributed by atoms with Gasteiger partial charge in [-0.05, 0) is 37.4 Å². The predicted octanol–water partition coefficient (Wildman–Crippen LogP) is 2.18. The van der Waals surface area contributed by atoms with Crippen molar-refractivity contribution in [1.82, 2.24) is 9.80 Å². The number of hydrogen-bond donors (Lipinski definition) is 1. The molecule has 130 valence electrons. The summed E-state index contributed by atoms with van der Waals surface area (Å²) in [4.78, 5) is 16.4. The van der Waals surface area contributed by atoms with Gasteiger partial charge in [0.15, 0.2) is 6.10 Å². The molecule has 25 heavy (non-hydrogen) atoms. The third-order valence-corrected chi connectivity index (χ3v) is 3.93. The van der Waals surface area contributed by atoms with E-state index in [0.29, 0.717) is 30.8 Å². The molecular weight excluding hydrogens is 314 g/mol. The van der Waals surface area contributed by atoms with Crippen LogP contribution in [0.1, 0.15) is 22.8 Å². The molecule has 1 unspecified atom stereocenters. The van der Waals surface area contributed by atoms with Gasteiger partial charge in [-0.2, -0.15) is 5.26 Å². The highest BCUT2D eigenvalue weighted by Crippen LogP contribution is 2.17. The Balaban J connectivity index is 2.16. The minimum absolute atomic E-state index is 0.322. The second-order valence-corrected chi connectivity index (χ2v) is 6.19. The minimum atomic E-state index is -1.18. The number of amides is 1. The van der Waals surface area contributed by atoms with E-state index in [-0.39, 0.29) is 5.91 Å². The summed E-state index contributed by atoms with van der Waals surface area (Å²) in [5.74, 6) is -0.322. The summed E-state index contributed by atoms with van der Waals surface area (Å²) in [6.07, 6.45) is -1.18. The van der Waals surface area contributed by atoms with Gasteiger partial charge in [-0.15, -0.1) is 0 Å². The van der Waals surface area contributed by atoms with Crippen molar-refractivity contribution in [3.8, 4) is 6.07 Å². The van der Waals surface area contributed by atoms with E-state index in [9.17, 15) is 9.90 Å². The van der Waals surface area contributed by atoms with Crippen LogP contribution in [0.2, 0.25) is 0 Å². The summed E-state index contributed by atoms with van der Waals surface area (Å²) in [7, 11) is 3.88. The largest absolute Gasteiger partial charge is 0.378 e. The SMILES string of the molecule is CN(C)CCN(Cc1ccc(C#N)cc1)C(=O)C(O)c1ccccc1. The summed E-state index contributed by atoms with van der Waals surface area (Å²) in [5.41, 5.74) is 2.09. The monoisotopic (exact) mass is 337 g/mol. The first kappa shape index (κ1) is 18.7. The molecule has 0 aliphatic rings. The molecule has 0 spiro atoms. The van der Waals surface area contributed by atoms with Gasteiger partial charge in [-0.1, -0.05) is 42.5 Å². The van der Waals surface area contributed by atoms with Gasteiger partial charge in [0.05, 0.1) is 11.6 Å². The average Bonchev–Trinajstić information content (AvgIpc) is 2.65. The number of carbonyl (C=O) groups excluding carboxylic acids is 1. The summed E-state index contributed by atoms with van der Waals surface area (Å²) in [6, 6.07) is 18.2. The van der Waals surface area contributed by atoms with E-state index in [0.717, 1.165) is 5.56 Å². The maximum absolute atomic E-state index is 12.8. The maximum Gasteiger partial charge on any atom is 0.256 e. The van der Waals surface area contributed by atoms with Gasteiger partial charge in [-0.25, -0.2) is 0 Å². The van der Waals surface area contributed by atoms with Crippen LogP contribution in [0, 0.1) is 11.3 Å². The fourth-order valence-corrected chi connectivity index (χ4v) is 2.44. The van der Waals surface area contributed by atoms with E-state index in [1.807, 2.05) is 37.2 Å². The second kappa shape index (κ2) is 8.97. The Hall–Kier alpha value is -2.68. The highest BCUT2D eigenvalue weighted by Gasteiger charge is 2.23. The quantitative estimate of drug-likeness (QED) is 0.841. The van der Waals surface area contributed by atoms with E-state index in [2.05, 4.69) is 6.07 Å². The van der Waals surface area contributed by atoms with Gasteiger partial charge < -0.3 is 14.9 Å². The first-order valence-corrected chi connectivity index (χ1v) is 8.17. The Bertz CT molecular complexity index is 721. The Labute approximate surface area is 148 Å². The molecule has 1 N–H and O–H groups in total. The van der Waals surface area contributed by atoms with Gasteiger partial charge in [0, 0.05) is 19.6 Å². The third kappa shape index (κ3) is 5.42. The van der Waals surface area contributed by atoms with E-state index >= 15 is 0 Å². The first-order valence-electron chi connectivity index (χ1n) is 8.17. The van der Waals surface area contributed by atoms with Crippen LogP contribution in [-0.2, 0) is 11.3 Å². The van der Waals surface area contributed by atoms with Crippen LogP contribution >= 0.6 is 0 Å². The van der Waals surface area contributed by atoms with Crippen LogP contribution in [0.3, 0.4) is 0 Å². The third-order valence-electron chi connectivity index (χ3n) is 3.93. The van der Waals surface area contributed by atoms with Crippen molar-refractivity contribution in [1.29, 1.82) is 5.26 Å². The lowest BCUT2D eigenvalue weighted by atomic mass is 10.1. The lowest BCUT2D eigenvalue weighted by Gasteiger charge is -2.27. The van der Waals surface area contributed by atoms with Crippen LogP contribution in [0.4, 0.5) is 0 Å². The molecule has 5 heteroatoms. The normalized spacial score (nSPS) is 11.8. The Kier molecular flexibility index (Phi) is 6.70. The lowest BCUT2D eigenvalue weighted by Crippen LogP contribution is -2.39. The maximum atomic E-state index is 12.8. The molecule has 5 nitrogen and oxygen atoms in total. The van der Waals surface area contributed by atoms with Crippen LogP contribution < -0.4 is 0 Å². The topological polar surface area (TPSA) is 67.6 Å². The van der Waals surface area contributed by atoms with Crippen LogP contribution in [0.25, 0.3) is 0 Å². The summed E-state index contributed by atoms with van der Waals surface area (Å²) in [6.45, 7) is 1.60. The number of likely N-dealkylation sites (N-methyl/N-ethyl adjacent to an activating group) is 1. The number of benzene rings is 2. The number of hydrogen-bond acceptors (Lipinski definition) is 4. The predicted molar refractivity (Wildman–Crippen MR) is 96.5 cm³/mol. The zero-order valence-electron chi connectivity index (χ0n) is 14.6. The summed E-state index contributed by atoms with van der Waals surface area (Å²) < 4.78 is 0. The Morgan fingerprint density at radius 1 is 1.08 bits per heavy atom. The molecule has 0 radical (unpaired) electrons. The fraction of sp³-hybridized carbons (Fsp3) is 0.300. The average molecular weight is 337 g/mol. The smallest absolute Gasteiger partial charge is 0.256 e. The minimum Gasteiger partial charge on any atom is -0.378 e. The van der Waals surface area contributed by atoms with Crippen molar-refractivity contribution in [2.45, 2.75) is 12.6 Å². The fourth-order valence-electron chi connectivity index (χ4n) is 2.44. The van der Waals surface area contributed by atoms with Gasteiger partial charge >= 0.3 is 0 Å². The van der Waals surface area contributed by atoms with Gasteiger partial charge in [-0.3, -0.25) is 4.79 Å². The van der Waals surface area contributed by atoms with E-state index in [1.165, 1.54) is 0 Å². The van der Waals surface area contributed by atoms with Gasteiger partial charge in [0.25, 0.3) is 5.91 Å². The lowest BCUT2D eigenvalue weighted by molar-refractivity contribution is -0.141. The number of nitrogens with zero attached hydrogens (tertiary/aromatic N) is 3. The van der Waals surface area contributed by atoms with Gasteiger partial charge in [0.2, 0.25) is 0 Å². The van der Waals surface area contributed by atoms with Crippen LogP contribution in [-0.4, -0.2) is 48.0 Å². The van der Waals surface area contributed by atoms with E-state index in [1.54, 1.807) is 41.3 Å². The van der Waals surface area contributed by atoms with E-state index in [4.69, 9.17) is 5.26 Å². The van der Waals surface area contributed by atoms with E-state index < -0.39 is 6.10 Å². The molecule has 0 saturated heterocycles. The second-order valence-electron chi connectivity index (χ2n) is 6.19. The molecule has 0 aromatic heterocycles. The number of aliphatic hydroxyl groups is 1. The molecule has 0 fully saturated rings. The molecule has 2 aromatic rings. The van der Waals surface area contributed by atoms with Crippen LogP contribution in [0.5, 0.6) is 0 Å². The van der Waals surface area contributed by atoms with Crippen molar-refractivity contribution in [2.75, 3.05) is 27.2 Å². The van der Waals surface area contributed by atoms with Crippen molar-refractivity contribution >= 4 is 5.91 Å². The number of nitriles is 1. The zero-order valence-corrected chi connectivity index (χ0v) is 14.6. The number of rotatable bonds is 7. The molecule has 0 aliphatic carbocycles. The molecular formula is C20H23N3O2. The number of aliphatic hydroxyl groups excluding tert-OH is 1. The standard InChI is InChI=1S/C20H23N3O2/c1-22(2)12-13-23(15-17-10-8-16(14-21)9-11-17)20(25)19(24)18-6-4-3-5-7-18/h3-11,19,24H,12-13,15H2,1-2H3. The Morgan fingerprint density at radius 3 is 2.28 bits per heavy atom. The molecule has 1 atom stereocenters. The van der Waals surface area contributed by atoms with Crippen LogP contribution in [0.15, 0.2) is 54.6 Å². The molecule has 2 rings (SSSR count). The number of carbonyl (C=O) groups is 1. The molecule has 0 saturated carbocycles. The molecule has 0 aliphatic heterocycles. The molecule has 1 amide bonds. The van der Waals surface area contributed by atoms with Crippen molar-refractivity contribution in [3.05, 3.63) is 71.3 Å². The highest BCUT2D eigenvalue weighted by atomic mass is 16.3. The summed E-state index contributed by atoms with van der Waals surface area (Å²) >= 11 is 0. The first-order chi connectivity index (χ1) is 12.0. The van der Waals surface area contributed by atoms with Gasteiger partial charge in [0.1, 0.15) is 0 Å². The molecule has 0 heterocycles. The van der Waals surface area contributed by atoms with Crippen molar-refractivity contribution in [3.63, 3.8) is 0 Å². The Morgan fingerprint density at radius 2 is 1.72 bits per heavy atom. The van der Waals surface area contributed by atoms with Crippen molar-refractivity contribution < 1.29 is 9.90 Å². The molecule has 0 bridgehead atoms. The zero-order chi connectivity index (χ0) is 18.2. The molecule has 2 aromatic carbocycles. The highest BCUT2D eigenvalue weighted by molar-refractivity contribution is 5.82.